The van der Waals surface area contributed by atoms with Crippen molar-refractivity contribution >= 4 is 10.0 Å². The molecule has 0 radical (unpaired) electrons. The number of sulfonamides is 1. The Morgan fingerprint density at radius 3 is 2.24 bits per heavy atom. The third-order valence-corrected chi connectivity index (χ3v) is 6.15. The SMILES string of the molecule is CN(C1CCCCCC1)S(=O)(=O)c1ccc(CC#N)cc1. The maximum atomic E-state index is 12.7. The molecule has 4 nitrogen and oxygen atoms in total. The van der Waals surface area contributed by atoms with E-state index in [1.54, 1.807) is 31.3 Å². The van der Waals surface area contributed by atoms with Crippen LogP contribution in [0.3, 0.4) is 0 Å². The molecule has 1 aliphatic carbocycles. The summed E-state index contributed by atoms with van der Waals surface area (Å²) in [6, 6.07) is 8.82. The highest BCUT2D eigenvalue weighted by atomic mass is 32.2. The second kappa shape index (κ2) is 7.06. The molecule has 0 atom stereocenters. The Morgan fingerprint density at radius 1 is 1.14 bits per heavy atom. The number of hydrogen-bond acceptors (Lipinski definition) is 3. The number of nitrogens with zero attached hydrogens (tertiary/aromatic N) is 2. The Balaban J connectivity index is 2.17. The fourth-order valence-corrected chi connectivity index (χ4v) is 4.27. The largest absolute Gasteiger partial charge is 0.243 e. The van der Waals surface area contributed by atoms with Crippen molar-refractivity contribution in [1.82, 2.24) is 4.31 Å². The first kappa shape index (κ1) is 16.0. The zero-order valence-electron chi connectivity index (χ0n) is 12.5. The minimum Gasteiger partial charge on any atom is -0.207 e. The molecule has 0 heterocycles. The van der Waals surface area contributed by atoms with E-state index in [0.29, 0.717) is 11.3 Å². The lowest BCUT2D eigenvalue weighted by Gasteiger charge is -2.26. The van der Waals surface area contributed by atoms with E-state index < -0.39 is 10.0 Å². The van der Waals surface area contributed by atoms with Crippen LogP contribution >= 0.6 is 0 Å². The lowest BCUT2D eigenvalue weighted by atomic mass is 10.1. The van der Waals surface area contributed by atoms with Crippen LogP contribution in [-0.2, 0) is 16.4 Å². The lowest BCUT2D eigenvalue weighted by Crippen LogP contribution is -2.36. The molecule has 5 heteroatoms. The summed E-state index contributed by atoms with van der Waals surface area (Å²) < 4.78 is 26.9. The highest BCUT2D eigenvalue weighted by molar-refractivity contribution is 7.89. The van der Waals surface area contributed by atoms with Crippen LogP contribution in [-0.4, -0.2) is 25.8 Å². The van der Waals surface area contributed by atoms with Crippen LogP contribution in [0.2, 0.25) is 0 Å². The highest BCUT2D eigenvalue weighted by Gasteiger charge is 2.28. The van der Waals surface area contributed by atoms with Gasteiger partial charge < -0.3 is 0 Å². The van der Waals surface area contributed by atoms with Gasteiger partial charge in [-0.15, -0.1) is 0 Å². The van der Waals surface area contributed by atoms with Crippen molar-refractivity contribution in [2.75, 3.05) is 7.05 Å². The van der Waals surface area contributed by atoms with Crippen LogP contribution in [0.15, 0.2) is 29.2 Å². The Hall–Kier alpha value is -1.38. The Morgan fingerprint density at radius 2 is 1.71 bits per heavy atom. The number of nitriles is 1. The smallest absolute Gasteiger partial charge is 0.207 e. The van der Waals surface area contributed by atoms with Gasteiger partial charge in [0.2, 0.25) is 10.0 Å². The van der Waals surface area contributed by atoms with Crippen LogP contribution < -0.4 is 0 Å². The van der Waals surface area contributed by atoms with E-state index >= 15 is 0 Å². The van der Waals surface area contributed by atoms with Crippen molar-refractivity contribution in [1.29, 1.82) is 5.26 Å². The molecule has 0 unspecified atom stereocenters. The van der Waals surface area contributed by atoms with Crippen molar-refractivity contribution in [2.45, 2.75) is 55.9 Å². The first-order chi connectivity index (χ1) is 10.1. The second-order valence-electron chi connectivity index (χ2n) is 5.65. The molecule has 114 valence electrons. The van der Waals surface area contributed by atoms with Gasteiger partial charge in [-0.05, 0) is 30.5 Å². The van der Waals surface area contributed by atoms with E-state index in [-0.39, 0.29) is 6.04 Å². The van der Waals surface area contributed by atoms with Gasteiger partial charge in [-0.25, -0.2) is 8.42 Å². The highest BCUT2D eigenvalue weighted by Crippen LogP contribution is 2.26. The zero-order chi connectivity index (χ0) is 15.3. The van der Waals surface area contributed by atoms with Gasteiger partial charge in [0.15, 0.2) is 0 Å². The summed E-state index contributed by atoms with van der Waals surface area (Å²) in [5.74, 6) is 0. The zero-order valence-corrected chi connectivity index (χ0v) is 13.3. The molecule has 21 heavy (non-hydrogen) atoms. The van der Waals surface area contributed by atoms with Gasteiger partial charge >= 0.3 is 0 Å². The van der Waals surface area contributed by atoms with E-state index in [9.17, 15) is 8.42 Å². The quantitative estimate of drug-likeness (QED) is 0.803. The minimum atomic E-state index is -3.44. The van der Waals surface area contributed by atoms with Crippen LogP contribution in [0, 0.1) is 11.3 Å². The molecule has 0 amide bonds. The van der Waals surface area contributed by atoms with Crippen LogP contribution in [0.1, 0.15) is 44.1 Å². The molecule has 1 aromatic rings. The molecule has 0 aliphatic heterocycles. The molecule has 0 N–H and O–H groups in total. The lowest BCUT2D eigenvalue weighted by molar-refractivity contribution is 0.335. The minimum absolute atomic E-state index is 0.108. The third kappa shape index (κ3) is 3.84. The van der Waals surface area contributed by atoms with Crippen LogP contribution in [0.25, 0.3) is 0 Å². The standard InChI is InChI=1S/C16H22N2O2S/c1-18(15-6-4-2-3-5-7-15)21(19,20)16-10-8-14(9-11-16)12-13-17/h8-11,15H,2-7,12H2,1H3. The van der Waals surface area contributed by atoms with Crippen molar-refractivity contribution in [3.05, 3.63) is 29.8 Å². The third-order valence-electron chi connectivity index (χ3n) is 4.22. The molecule has 1 aromatic carbocycles. The molecule has 1 aliphatic rings. The molecular weight excluding hydrogens is 284 g/mol. The maximum absolute atomic E-state index is 12.7. The van der Waals surface area contributed by atoms with E-state index in [1.807, 2.05) is 0 Å². The molecule has 1 saturated carbocycles. The molecule has 0 aromatic heterocycles. The monoisotopic (exact) mass is 306 g/mol. The molecular formula is C16H22N2O2S. The van der Waals surface area contributed by atoms with Gasteiger partial charge in [0, 0.05) is 13.1 Å². The van der Waals surface area contributed by atoms with Gasteiger partial charge in [0.25, 0.3) is 0 Å². The first-order valence-corrected chi connectivity index (χ1v) is 8.93. The van der Waals surface area contributed by atoms with Crippen molar-refractivity contribution in [2.24, 2.45) is 0 Å². The summed E-state index contributed by atoms with van der Waals surface area (Å²) in [5.41, 5.74) is 0.841. The molecule has 0 bridgehead atoms. The van der Waals surface area contributed by atoms with E-state index in [1.165, 1.54) is 17.1 Å². The van der Waals surface area contributed by atoms with Crippen LogP contribution in [0.4, 0.5) is 0 Å². The fraction of sp³-hybridized carbons (Fsp3) is 0.562. The van der Waals surface area contributed by atoms with Gasteiger partial charge in [-0.2, -0.15) is 9.57 Å². The Labute approximate surface area is 127 Å². The maximum Gasteiger partial charge on any atom is 0.243 e. The van der Waals surface area contributed by atoms with E-state index in [0.717, 1.165) is 31.2 Å². The summed E-state index contributed by atoms with van der Waals surface area (Å²) in [6.45, 7) is 0. The summed E-state index contributed by atoms with van der Waals surface area (Å²) in [5, 5.41) is 8.66. The number of benzene rings is 1. The predicted molar refractivity (Wildman–Crippen MR) is 82.2 cm³/mol. The van der Waals surface area contributed by atoms with Crippen molar-refractivity contribution in [3.63, 3.8) is 0 Å². The van der Waals surface area contributed by atoms with Gasteiger partial charge in [-0.3, -0.25) is 0 Å². The Bertz CT molecular complexity index is 594. The van der Waals surface area contributed by atoms with E-state index in [2.05, 4.69) is 6.07 Å². The van der Waals surface area contributed by atoms with Crippen molar-refractivity contribution < 1.29 is 8.42 Å². The average Bonchev–Trinajstić information content (AvgIpc) is 2.76. The fourth-order valence-electron chi connectivity index (χ4n) is 2.85. The second-order valence-corrected chi connectivity index (χ2v) is 7.64. The number of rotatable bonds is 4. The predicted octanol–water partition coefficient (Wildman–Crippen LogP) is 3.10. The first-order valence-electron chi connectivity index (χ1n) is 7.49. The summed E-state index contributed by atoms with van der Waals surface area (Å²) >= 11 is 0. The van der Waals surface area contributed by atoms with Gasteiger partial charge in [-0.1, -0.05) is 37.8 Å². The molecule has 1 fully saturated rings. The molecule has 0 spiro atoms. The van der Waals surface area contributed by atoms with Gasteiger partial charge in [0.05, 0.1) is 17.4 Å². The number of hydrogen-bond donors (Lipinski definition) is 0. The van der Waals surface area contributed by atoms with Gasteiger partial charge in [0.1, 0.15) is 0 Å². The average molecular weight is 306 g/mol. The topological polar surface area (TPSA) is 61.2 Å². The Kier molecular flexibility index (Phi) is 5.38. The summed E-state index contributed by atoms with van der Waals surface area (Å²) in [7, 11) is -1.75. The van der Waals surface area contributed by atoms with Crippen molar-refractivity contribution in [3.8, 4) is 6.07 Å². The normalized spacial score (nSPS) is 17.4. The summed E-state index contributed by atoms with van der Waals surface area (Å²) in [6.07, 6.45) is 6.81. The molecule has 0 saturated heterocycles. The van der Waals surface area contributed by atoms with E-state index in [4.69, 9.17) is 5.26 Å². The summed E-state index contributed by atoms with van der Waals surface area (Å²) in [4.78, 5) is 0.316. The van der Waals surface area contributed by atoms with Crippen LogP contribution in [0.5, 0.6) is 0 Å². The molecule has 2 rings (SSSR count).